The first kappa shape index (κ1) is 20.0. The first-order valence-corrected chi connectivity index (χ1v) is 9.56. The Morgan fingerprint density at radius 2 is 1.86 bits per heavy atom. The van der Waals surface area contributed by atoms with Gasteiger partial charge in [-0.3, -0.25) is 9.59 Å². The second-order valence-corrected chi connectivity index (χ2v) is 7.24. The standard InChI is InChI=1S/C20H21BrN4O3/c1-13(22-19(27)12-28-2)20-24-16-5-3-4-6-17(16)25(20)11-18(26)23-15-9-7-14(21)8-10-15/h3-10,13H,11-12H2,1-2H3,(H,22,27)(H,23,26). The number of ether oxygens (including phenoxy) is 1. The summed E-state index contributed by atoms with van der Waals surface area (Å²) in [5.41, 5.74) is 2.30. The van der Waals surface area contributed by atoms with Crippen molar-refractivity contribution in [3.05, 3.63) is 58.8 Å². The Morgan fingerprint density at radius 3 is 2.57 bits per heavy atom. The van der Waals surface area contributed by atoms with Gasteiger partial charge in [0.2, 0.25) is 11.8 Å². The Kier molecular flexibility index (Phi) is 6.43. The lowest BCUT2D eigenvalue weighted by Gasteiger charge is -2.16. The molecule has 8 heteroatoms. The van der Waals surface area contributed by atoms with E-state index in [0.29, 0.717) is 11.5 Å². The van der Waals surface area contributed by atoms with E-state index in [4.69, 9.17) is 4.74 Å². The number of imidazole rings is 1. The molecule has 2 N–H and O–H groups in total. The Morgan fingerprint density at radius 1 is 1.14 bits per heavy atom. The number of hydrogen-bond acceptors (Lipinski definition) is 4. The summed E-state index contributed by atoms with van der Waals surface area (Å²) in [5, 5.41) is 5.73. The number of anilines is 1. The number of amides is 2. The summed E-state index contributed by atoms with van der Waals surface area (Å²) in [5.74, 6) is 0.187. The van der Waals surface area contributed by atoms with E-state index in [1.165, 1.54) is 7.11 Å². The van der Waals surface area contributed by atoms with Gasteiger partial charge in [-0.1, -0.05) is 28.1 Å². The van der Waals surface area contributed by atoms with Crippen LogP contribution in [0.1, 0.15) is 18.8 Å². The van der Waals surface area contributed by atoms with Crippen molar-refractivity contribution in [1.29, 1.82) is 0 Å². The third-order valence-electron chi connectivity index (χ3n) is 4.15. The number of carbonyl (C=O) groups excluding carboxylic acids is 2. The van der Waals surface area contributed by atoms with Crippen molar-refractivity contribution in [3.8, 4) is 0 Å². The smallest absolute Gasteiger partial charge is 0.246 e. The summed E-state index contributed by atoms with van der Waals surface area (Å²) >= 11 is 3.37. The van der Waals surface area contributed by atoms with Crippen molar-refractivity contribution in [2.24, 2.45) is 0 Å². The van der Waals surface area contributed by atoms with E-state index < -0.39 is 0 Å². The molecule has 2 amide bonds. The van der Waals surface area contributed by atoms with E-state index >= 15 is 0 Å². The van der Waals surface area contributed by atoms with Crippen LogP contribution >= 0.6 is 15.9 Å². The molecule has 0 saturated carbocycles. The molecule has 1 heterocycles. The molecule has 0 aliphatic heterocycles. The van der Waals surface area contributed by atoms with Crippen LogP contribution in [-0.4, -0.2) is 35.1 Å². The van der Waals surface area contributed by atoms with Gasteiger partial charge in [0.1, 0.15) is 19.0 Å². The fourth-order valence-corrected chi connectivity index (χ4v) is 3.21. The number of rotatable bonds is 7. The number of aromatic nitrogens is 2. The zero-order chi connectivity index (χ0) is 20.1. The number of hydrogen-bond donors (Lipinski definition) is 2. The average molecular weight is 445 g/mol. The number of para-hydroxylation sites is 2. The first-order chi connectivity index (χ1) is 13.5. The normalized spacial score (nSPS) is 12.0. The van der Waals surface area contributed by atoms with Gasteiger partial charge in [0, 0.05) is 17.3 Å². The maximum atomic E-state index is 12.6. The summed E-state index contributed by atoms with van der Waals surface area (Å²) in [7, 11) is 1.46. The quantitative estimate of drug-likeness (QED) is 0.585. The molecule has 0 bridgehead atoms. The molecule has 0 aliphatic carbocycles. The van der Waals surface area contributed by atoms with Crippen molar-refractivity contribution in [1.82, 2.24) is 14.9 Å². The zero-order valence-corrected chi connectivity index (χ0v) is 17.2. The molecular weight excluding hydrogens is 424 g/mol. The maximum Gasteiger partial charge on any atom is 0.246 e. The van der Waals surface area contributed by atoms with Crippen LogP contribution in [0.5, 0.6) is 0 Å². The molecule has 0 fully saturated rings. The number of carbonyl (C=O) groups is 2. The molecular formula is C20H21BrN4O3. The van der Waals surface area contributed by atoms with Gasteiger partial charge in [0.05, 0.1) is 17.1 Å². The summed E-state index contributed by atoms with van der Waals surface area (Å²) in [4.78, 5) is 29.1. The summed E-state index contributed by atoms with van der Waals surface area (Å²) in [6.45, 7) is 1.88. The van der Waals surface area contributed by atoms with Crippen LogP contribution < -0.4 is 10.6 Å². The molecule has 3 aromatic rings. The van der Waals surface area contributed by atoms with Crippen molar-refractivity contribution in [3.63, 3.8) is 0 Å². The number of nitrogens with zero attached hydrogens (tertiary/aromatic N) is 2. The van der Waals surface area contributed by atoms with Crippen LogP contribution in [0.15, 0.2) is 53.0 Å². The molecule has 0 aliphatic rings. The molecule has 146 valence electrons. The Bertz CT molecular complexity index is 985. The Labute approximate surface area is 171 Å². The molecule has 1 atom stereocenters. The molecule has 0 saturated heterocycles. The van der Waals surface area contributed by atoms with Gasteiger partial charge in [-0.05, 0) is 43.3 Å². The molecule has 0 spiro atoms. The molecule has 1 aromatic heterocycles. The van der Waals surface area contributed by atoms with Crippen LogP contribution in [0, 0.1) is 0 Å². The minimum atomic E-state index is -0.379. The van der Waals surface area contributed by atoms with Gasteiger partial charge < -0.3 is 19.9 Å². The monoisotopic (exact) mass is 444 g/mol. The predicted octanol–water partition coefficient (Wildman–Crippen LogP) is 3.26. The van der Waals surface area contributed by atoms with Gasteiger partial charge in [0.15, 0.2) is 0 Å². The SMILES string of the molecule is COCC(=O)NC(C)c1nc2ccccc2n1CC(=O)Nc1ccc(Br)cc1. The van der Waals surface area contributed by atoms with Gasteiger partial charge in [0.25, 0.3) is 0 Å². The highest BCUT2D eigenvalue weighted by Gasteiger charge is 2.20. The highest BCUT2D eigenvalue weighted by Crippen LogP contribution is 2.21. The van der Waals surface area contributed by atoms with Gasteiger partial charge >= 0.3 is 0 Å². The number of nitrogens with one attached hydrogen (secondary N) is 2. The van der Waals surface area contributed by atoms with Crippen LogP contribution in [-0.2, 0) is 20.9 Å². The largest absolute Gasteiger partial charge is 0.375 e. The number of benzene rings is 2. The van der Waals surface area contributed by atoms with Crippen molar-refractivity contribution < 1.29 is 14.3 Å². The van der Waals surface area contributed by atoms with E-state index in [1.807, 2.05) is 60.0 Å². The Hall–Kier alpha value is -2.71. The second-order valence-electron chi connectivity index (χ2n) is 6.32. The van der Waals surface area contributed by atoms with Gasteiger partial charge in [-0.25, -0.2) is 4.98 Å². The highest BCUT2D eigenvalue weighted by molar-refractivity contribution is 9.10. The second kappa shape index (κ2) is 8.99. The van der Waals surface area contributed by atoms with E-state index in [1.54, 1.807) is 0 Å². The number of halogens is 1. The lowest BCUT2D eigenvalue weighted by Crippen LogP contribution is -2.32. The van der Waals surface area contributed by atoms with Crippen LogP contribution in [0.25, 0.3) is 11.0 Å². The Balaban J connectivity index is 1.84. The fourth-order valence-electron chi connectivity index (χ4n) is 2.95. The summed E-state index contributed by atoms with van der Waals surface area (Å²) in [6.07, 6.45) is 0. The minimum absolute atomic E-state index is 0.0331. The molecule has 0 radical (unpaired) electrons. The maximum absolute atomic E-state index is 12.6. The van der Waals surface area contributed by atoms with Crippen LogP contribution in [0.2, 0.25) is 0 Å². The molecule has 7 nitrogen and oxygen atoms in total. The van der Waals surface area contributed by atoms with Gasteiger partial charge in [-0.2, -0.15) is 0 Å². The molecule has 2 aromatic carbocycles. The summed E-state index contributed by atoms with van der Waals surface area (Å²) < 4.78 is 7.62. The third-order valence-corrected chi connectivity index (χ3v) is 4.68. The van der Waals surface area contributed by atoms with Crippen molar-refractivity contribution in [2.75, 3.05) is 19.0 Å². The number of methoxy groups -OCH3 is 1. The lowest BCUT2D eigenvalue weighted by molar-refractivity contribution is -0.125. The predicted molar refractivity (Wildman–Crippen MR) is 111 cm³/mol. The van der Waals surface area contributed by atoms with E-state index in [0.717, 1.165) is 15.5 Å². The van der Waals surface area contributed by atoms with E-state index in [-0.39, 0.29) is 31.0 Å². The topological polar surface area (TPSA) is 85.2 Å². The summed E-state index contributed by atoms with van der Waals surface area (Å²) in [6, 6.07) is 14.6. The average Bonchev–Trinajstić information content (AvgIpc) is 3.02. The third kappa shape index (κ3) is 4.76. The molecule has 1 unspecified atom stereocenters. The number of fused-ring (bicyclic) bond motifs is 1. The van der Waals surface area contributed by atoms with Crippen LogP contribution in [0.4, 0.5) is 5.69 Å². The lowest BCUT2D eigenvalue weighted by atomic mass is 10.3. The van der Waals surface area contributed by atoms with Crippen LogP contribution in [0.3, 0.4) is 0 Å². The minimum Gasteiger partial charge on any atom is -0.375 e. The fraction of sp³-hybridized carbons (Fsp3) is 0.250. The van der Waals surface area contributed by atoms with E-state index in [9.17, 15) is 9.59 Å². The van der Waals surface area contributed by atoms with Crippen molar-refractivity contribution >= 4 is 44.5 Å². The van der Waals surface area contributed by atoms with E-state index in [2.05, 4.69) is 31.5 Å². The zero-order valence-electron chi connectivity index (χ0n) is 15.6. The van der Waals surface area contributed by atoms with Gasteiger partial charge in [-0.15, -0.1) is 0 Å². The molecule has 3 rings (SSSR count). The first-order valence-electron chi connectivity index (χ1n) is 8.77. The molecule has 28 heavy (non-hydrogen) atoms. The highest BCUT2D eigenvalue weighted by atomic mass is 79.9. The van der Waals surface area contributed by atoms with Crippen molar-refractivity contribution in [2.45, 2.75) is 19.5 Å².